The van der Waals surface area contributed by atoms with Crippen molar-refractivity contribution in [1.82, 2.24) is 0 Å². The quantitative estimate of drug-likeness (QED) is 0.260. The van der Waals surface area contributed by atoms with Crippen LogP contribution in [0.4, 0.5) is 0 Å². The summed E-state index contributed by atoms with van der Waals surface area (Å²) in [5, 5.41) is 0.978. The Hall–Kier alpha value is -2.78. The van der Waals surface area contributed by atoms with Crippen LogP contribution in [0.25, 0.3) is 0 Å². The molecule has 0 saturated heterocycles. The van der Waals surface area contributed by atoms with Gasteiger partial charge in [0.05, 0.1) is 19.8 Å². The Balaban J connectivity index is 1.69. The fourth-order valence-electron chi connectivity index (χ4n) is 5.18. The fraction of sp³-hybridized carbons (Fsp3) is 0.250. The normalized spacial score (nSPS) is 16.2. The number of hydrogen-bond donors (Lipinski definition) is 3. The SMILES string of the molecule is O=S(=O)(O)c1cc(P(c2cc3c(c(S(=O)(=O)O)c2)OCC3)c2cc3c(c(S(=O)(=O)O)c2)OCC3)cc2c1OCC2. The first kappa shape index (κ1) is 27.4. The molecule has 0 bridgehead atoms. The maximum atomic E-state index is 12.3. The van der Waals surface area contributed by atoms with E-state index in [1.807, 2.05) is 0 Å². The third-order valence-corrected chi connectivity index (χ3v) is 11.7. The summed E-state index contributed by atoms with van der Waals surface area (Å²) in [5.74, 6) is 0.00877. The lowest BCUT2D eigenvalue weighted by atomic mass is 10.2. The Kier molecular flexibility index (Phi) is 6.42. The second kappa shape index (κ2) is 9.38. The van der Waals surface area contributed by atoms with Crippen molar-refractivity contribution in [3.05, 3.63) is 53.1 Å². The summed E-state index contributed by atoms with van der Waals surface area (Å²) in [7, 11) is -16.2. The maximum absolute atomic E-state index is 12.3. The summed E-state index contributed by atoms with van der Waals surface area (Å²) >= 11 is 0. The van der Waals surface area contributed by atoms with Gasteiger partial charge in [0.15, 0.2) is 0 Å². The van der Waals surface area contributed by atoms with Crippen molar-refractivity contribution in [3.63, 3.8) is 0 Å². The predicted molar refractivity (Wildman–Crippen MR) is 142 cm³/mol. The molecule has 0 aromatic heterocycles. The van der Waals surface area contributed by atoms with E-state index in [4.69, 9.17) is 14.2 Å². The molecule has 0 fully saturated rings. The first-order valence-electron chi connectivity index (χ1n) is 11.8. The van der Waals surface area contributed by atoms with Crippen LogP contribution in [0.3, 0.4) is 0 Å². The van der Waals surface area contributed by atoms with E-state index in [1.165, 1.54) is 18.2 Å². The van der Waals surface area contributed by atoms with Gasteiger partial charge in [-0.25, -0.2) is 0 Å². The third-order valence-electron chi connectivity index (χ3n) is 6.81. The second-order valence-corrected chi connectivity index (χ2v) is 15.7. The minimum absolute atomic E-state index is 0.00292. The zero-order chi connectivity index (χ0) is 28.6. The highest BCUT2D eigenvalue weighted by molar-refractivity contribution is 7.87. The lowest BCUT2D eigenvalue weighted by Crippen LogP contribution is -2.24. The highest BCUT2D eigenvalue weighted by Crippen LogP contribution is 2.44. The highest BCUT2D eigenvalue weighted by Gasteiger charge is 2.33. The van der Waals surface area contributed by atoms with Crippen molar-refractivity contribution < 1.29 is 53.1 Å². The molecule has 3 N–H and O–H groups in total. The Bertz CT molecular complexity index is 1700. The van der Waals surface area contributed by atoms with Crippen LogP contribution in [0.1, 0.15) is 16.7 Å². The second-order valence-electron chi connectivity index (χ2n) is 9.35. The summed E-state index contributed by atoms with van der Waals surface area (Å²) in [4.78, 5) is -1.45. The van der Waals surface area contributed by atoms with Gasteiger partial charge in [-0.1, -0.05) is 0 Å². The van der Waals surface area contributed by atoms with E-state index >= 15 is 0 Å². The first-order valence-corrected chi connectivity index (χ1v) is 17.5. The van der Waals surface area contributed by atoms with Crippen LogP contribution >= 0.6 is 7.92 Å². The average molecular weight is 629 g/mol. The van der Waals surface area contributed by atoms with Gasteiger partial charge in [0.25, 0.3) is 30.4 Å². The molecule has 0 amide bonds. The maximum Gasteiger partial charge on any atom is 0.298 e. The van der Waals surface area contributed by atoms with Crippen molar-refractivity contribution in [2.75, 3.05) is 19.8 Å². The molecule has 0 aliphatic carbocycles. The Labute approximate surface area is 230 Å². The van der Waals surface area contributed by atoms with Crippen LogP contribution in [-0.2, 0) is 49.6 Å². The van der Waals surface area contributed by atoms with Gasteiger partial charge in [-0.05, 0) is 76.9 Å². The lowest BCUT2D eigenvalue weighted by molar-refractivity contribution is 0.346. The van der Waals surface area contributed by atoms with Crippen molar-refractivity contribution in [3.8, 4) is 17.2 Å². The predicted octanol–water partition coefficient (Wildman–Crippen LogP) is 0.990. The molecule has 0 spiro atoms. The topological polar surface area (TPSA) is 191 Å². The Morgan fingerprint density at radius 3 is 1.02 bits per heavy atom. The van der Waals surface area contributed by atoms with Gasteiger partial charge in [-0.3, -0.25) is 13.7 Å². The van der Waals surface area contributed by atoms with Crippen LogP contribution in [0, 0.1) is 0 Å². The molecule has 40 heavy (non-hydrogen) atoms. The molecule has 3 aromatic rings. The van der Waals surface area contributed by atoms with Crippen LogP contribution in [-0.4, -0.2) is 58.7 Å². The van der Waals surface area contributed by atoms with Gasteiger partial charge in [0.1, 0.15) is 31.9 Å². The van der Waals surface area contributed by atoms with Gasteiger partial charge in [0.2, 0.25) is 0 Å². The van der Waals surface area contributed by atoms with Crippen LogP contribution < -0.4 is 30.1 Å². The molecule has 12 nitrogen and oxygen atoms in total. The van der Waals surface area contributed by atoms with E-state index in [0.717, 1.165) is 0 Å². The molecule has 3 aliphatic heterocycles. The summed E-state index contributed by atoms with van der Waals surface area (Å²) in [6.07, 6.45) is 0.992. The first-order chi connectivity index (χ1) is 18.7. The van der Waals surface area contributed by atoms with Gasteiger partial charge < -0.3 is 14.2 Å². The lowest BCUT2D eigenvalue weighted by Gasteiger charge is -2.23. The van der Waals surface area contributed by atoms with Crippen LogP contribution in [0.5, 0.6) is 17.2 Å². The molecular weight excluding hydrogens is 607 g/mol. The summed E-state index contributed by atoms with van der Waals surface area (Å²) < 4.78 is 120. The van der Waals surface area contributed by atoms with Crippen LogP contribution in [0.2, 0.25) is 0 Å². The zero-order valence-corrected chi connectivity index (χ0v) is 23.7. The number of ether oxygens (including phenoxy) is 3. The molecule has 3 heterocycles. The van der Waals surface area contributed by atoms with Gasteiger partial charge >= 0.3 is 0 Å². The third kappa shape index (κ3) is 4.75. The molecule has 0 saturated carbocycles. The minimum Gasteiger partial charge on any atom is -0.491 e. The van der Waals surface area contributed by atoms with E-state index in [-0.39, 0.29) is 37.1 Å². The van der Waals surface area contributed by atoms with Crippen molar-refractivity contribution in [1.29, 1.82) is 0 Å². The molecular formula is C24H21O12PS3. The zero-order valence-electron chi connectivity index (χ0n) is 20.4. The van der Waals surface area contributed by atoms with Crippen LogP contribution in [0.15, 0.2) is 51.1 Å². The monoisotopic (exact) mass is 628 g/mol. The average Bonchev–Trinajstić information content (AvgIpc) is 3.61. The van der Waals surface area contributed by atoms with Gasteiger partial charge in [-0.2, -0.15) is 25.3 Å². The fourth-order valence-corrected chi connectivity index (χ4v) is 10.1. The highest BCUT2D eigenvalue weighted by atomic mass is 32.2. The van der Waals surface area contributed by atoms with Gasteiger partial charge in [-0.15, -0.1) is 0 Å². The van der Waals surface area contributed by atoms with Crippen molar-refractivity contribution >= 4 is 54.2 Å². The number of rotatable bonds is 6. The van der Waals surface area contributed by atoms with E-state index < -0.39 is 53.0 Å². The molecule has 0 atom stereocenters. The van der Waals surface area contributed by atoms with E-state index in [9.17, 15) is 38.9 Å². The summed E-state index contributed by atoms with van der Waals surface area (Å²) in [5.41, 5.74) is 1.45. The molecule has 212 valence electrons. The Morgan fingerprint density at radius 2 is 0.775 bits per heavy atom. The number of hydrogen-bond acceptors (Lipinski definition) is 9. The Morgan fingerprint density at radius 1 is 0.500 bits per heavy atom. The molecule has 6 rings (SSSR count). The van der Waals surface area contributed by atoms with Crippen molar-refractivity contribution in [2.45, 2.75) is 33.9 Å². The minimum atomic E-state index is -4.76. The number of fused-ring (bicyclic) bond motifs is 3. The van der Waals surface area contributed by atoms with Gasteiger partial charge in [0, 0.05) is 19.3 Å². The molecule has 3 aliphatic rings. The number of benzene rings is 3. The smallest absolute Gasteiger partial charge is 0.298 e. The molecule has 16 heteroatoms. The van der Waals surface area contributed by atoms with E-state index in [1.54, 1.807) is 18.2 Å². The molecule has 0 unspecified atom stereocenters. The van der Waals surface area contributed by atoms with E-state index in [0.29, 0.717) is 51.9 Å². The summed E-state index contributed by atoms with van der Waals surface area (Å²) in [6, 6.07) is 8.61. The van der Waals surface area contributed by atoms with E-state index in [2.05, 4.69) is 0 Å². The summed E-state index contributed by atoms with van der Waals surface area (Å²) in [6.45, 7) is 0.516. The molecule has 3 aromatic carbocycles. The largest absolute Gasteiger partial charge is 0.491 e. The standard InChI is InChI=1S/C24H21O12PS3/c25-38(26,27)19-10-16(7-13-1-4-34-22(13)19)37(17-8-14-2-5-35-23(14)20(11-17)39(28,29)30)18-9-15-3-6-36-24(15)21(12-18)40(31,32)33/h7-12H,1-6H2,(H,25,26,27)(H,28,29,30)(H,31,32,33). The van der Waals surface area contributed by atoms with Crippen molar-refractivity contribution in [2.24, 2.45) is 0 Å². The molecule has 0 radical (unpaired) electrons.